The lowest BCUT2D eigenvalue weighted by atomic mass is 10.1. The van der Waals surface area contributed by atoms with Gasteiger partial charge in [-0.25, -0.2) is 18.0 Å². The summed E-state index contributed by atoms with van der Waals surface area (Å²) in [6, 6.07) is 2.78. The average molecular weight is 516 g/mol. The molecule has 2 aromatic carbocycles. The van der Waals surface area contributed by atoms with Gasteiger partial charge in [0.15, 0.2) is 23.6 Å². The number of hydrogen-bond acceptors (Lipinski definition) is 5. The van der Waals surface area contributed by atoms with Crippen molar-refractivity contribution < 1.29 is 40.6 Å². The fraction of sp³-hybridized carbons (Fsp3) is 0.318. The molecule has 1 aromatic heterocycles. The van der Waals surface area contributed by atoms with Crippen molar-refractivity contribution in [3.8, 4) is 11.4 Å². The average Bonchev–Trinajstić information content (AvgIpc) is 3.14. The first kappa shape index (κ1) is 25.3. The fourth-order valence-electron chi connectivity index (χ4n) is 3.45. The Morgan fingerprint density at radius 1 is 1.14 bits per heavy atom. The summed E-state index contributed by atoms with van der Waals surface area (Å²) in [7, 11) is 0. The van der Waals surface area contributed by atoms with Gasteiger partial charge in [0.2, 0.25) is 0 Å². The third-order valence-electron chi connectivity index (χ3n) is 5.43. The van der Waals surface area contributed by atoms with Crippen LogP contribution in [0.2, 0.25) is 0 Å². The summed E-state index contributed by atoms with van der Waals surface area (Å²) in [5.74, 6) is -5.35. The van der Waals surface area contributed by atoms with Crippen LogP contribution in [0.15, 0.2) is 29.1 Å². The SMILES string of the molecule is Cc1cc(F)c(F)cc1NC(=O)c1cc(F)c(-n2nc3n(c2=O)CCOC3)cc1O[C@@H](C)C(F)(F)F. The zero-order chi connectivity index (χ0) is 26.4. The van der Waals surface area contributed by atoms with E-state index in [2.05, 4.69) is 10.4 Å². The maximum atomic E-state index is 15.1. The van der Waals surface area contributed by atoms with Gasteiger partial charge >= 0.3 is 11.9 Å². The molecule has 0 saturated carbocycles. The number of anilines is 1. The molecule has 1 N–H and O–H groups in total. The van der Waals surface area contributed by atoms with Gasteiger partial charge in [0, 0.05) is 17.8 Å². The summed E-state index contributed by atoms with van der Waals surface area (Å²) in [6.45, 7) is 2.33. The van der Waals surface area contributed by atoms with Crippen molar-refractivity contribution in [2.24, 2.45) is 0 Å². The van der Waals surface area contributed by atoms with Crippen LogP contribution in [0.5, 0.6) is 5.75 Å². The second-order valence-electron chi connectivity index (χ2n) is 7.95. The predicted octanol–water partition coefficient (Wildman–Crippen LogP) is 3.87. The minimum atomic E-state index is -4.85. The lowest BCUT2D eigenvalue weighted by Gasteiger charge is -2.20. The van der Waals surface area contributed by atoms with Crippen LogP contribution in [0.1, 0.15) is 28.7 Å². The molecule has 0 unspecified atom stereocenters. The number of aromatic nitrogens is 3. The standard InChI is InChI=1S/C22H18F6N4O4/c1-10-5-13(23)14(24)7-16(10)29-20(33)12-6-15(25)17(8-18(12)36-11(2)22(26,27)28)32-21(34)31-3-4-35-9-19(31)30-32/h5-8,11H,3-4,9H2,1-2H3,(H,29,33)/t11-/m0/s1. The molecule has 8 nitrogen and oxygen atoms in total. The lowest BCUT2D eigenvalue weighted by molar-refractivity contribution is -0.189. The molecule has 0 spiro atoms. The van der Waals surface area contributed by atoms with Gasteiger partial charge in [-0.1, -0.05) is 0 Å². The lowest BCUT2D eigenvalue weighted by Crippen LogP contribution is -2.32. The fourth-order valence-corrected chi connectivity index (χ4v) is 3.45. The maximum absolute atomic E-state index is 15.1. The highest BCUT2D eigenvalue weighted by Gasteiger charge is 2.39. The van der Waals surface area contributed by atoms with Crippen molar-refractivity contribution in [1.29, 1.82) is 0 Å². The largest absolute Gasteiger partial charge is 0.480 e. The molecule has 0 saturated heterocycles. The van der Waals surface area contributed by atoms with Gasteiger partial charge in [-0.2, -0.15) is 17.9 Å². The monoisotopic (exact) mass is 516 g/mol. The van der Waals surface area contributed by atoms with Crippen molar-refractivity contribution >= 4 is 11.6 Å². The predicted molar refractivity (Wildman–Crippen MR) is 113 cm³/mol. The third kappa shape index (κ3) is 4.80. The van der Waals surface area contributed by atoms with Crippen LogP contribution in [-0.4, -0.2) is 39.1 Å². The van der Waals surface area contributed by atoms with Gasteiger partial charge in [-0.05, 0) is 31.5 Å². The molecule has 3 aromatic rings. The first-order valence-corrected chi connectivity index (χ1v) is 10.5. The Hall–Kier alpha value is -3.81. The molecule has 4 rings (SSSR count). The molecule has 0 fully saturated rings. The Morgan fingerprint density at radius 3 is 2.50 bits per heavy atom. The molecule has 14 heteroatoms. The number of rotatable bonds is 5. The van der Waals surface area contributed by atoms with Crippen molar-refractivity contribution in [1.82, 2.24) is 14.3 Å². The van der Waals surface area contributed by atoms with Gasteiger partial charge in [0.25, 0.3) is 5.91 Å². The second-order valence-corrected chi connectivity index (χ2v) is 7.95. The van der Waals surface area contributed by atoms with E-state index >= 15 is 4.39 Å². The van der Waals surface area contributed by atoms with Crippen LogP contribution >= 0.6 is 0 Å². The maximum Gasteiger partial charge on any atom is 0.425 e. The van der Waals surface area contributed by atoms with E-state index in [1.165, 1.54) is 11.5 Å². The summed E-state index contributed by atoms with van der Waals surface area (Å²) >= 11 is 0. The highest BCUT2D eigenvalue weighted by atomic mass is 19.4. The smallest absolute Gasteiger partial charge is 0.425 e. The van der Waals surface area contributed by atoms with E-state index < -0.39 is 58.3 Å². The molecule has 0 radical (unpaired) electrons. The summed E-state index contributed by atoms with van der Waals surface area (Å²) in [5, 5.41) is 6.18. The van der Waals surface area contributed by atoms with Crippen molar-refractivity contribution in [2.45, 2.75) is 39.3 Å². The van der Waals surface area contributed by atoms with Crippen LogP contribution in [0.25, 0.3) is 5.69 Å². The Balaban J connectivity index is 1.79. The summed E-state index contributed by atoms with van der Waals surface area (Å²) in [6.07, 6.45) is -7.27. The van der Waals surface area contributed by atoms with E-state index in [0.717, 1.165) is 12.1 Å². The second kappa shape index (κ2) is 9.33. The van der Waals surface area contributed by atoms with Gasteiger partial charge in [-0.3, -0.25) is 9.36 Å². The molecule has 0 aliphatic carbocycles. The highest BCUT2D eigenvalue weighted by Crippen LogP contribution is 2.31. The van der Waals surface area contributed by atoms with Crippen LogP contribution in [0, 0.1) is 24.4 Å². The van der Waals surface area contributed by atoms with Crippen LogP contribution in [0.4, 0.5) is 32.0 Å². The number of hydrogen-bond donors (Lipinski definition) is 1. The van der Waals surface area contributed by atoms with Crippen molar-refractivity contribution in [3.63, 3.8) is 0 Å². The number of fused-ring (bicyclic) bond motifs is 1. The van der Waals surface area contributed by atoms with E-state index in [4.69, 9.17) is 9.47 Å². The van der Waals surface area contributed by atoms with Gasteiger partial charge in [0.05, 0.1) is 18.7 Å². The highest BCUT2D eigenvalue weighted by molar-refractivity contribution is 6.06. The minimum Gasteiger partial charge on any atom is -0.480 e. The number of nitrogens with zero attached hydrogens (tertiary/aromatic N) is 3. The number of aryl methyl sites for hydroxylation is 1. The number of carbonyl (C=O) groups excluding carboxylic acids is 1. The van der Waals surface area contributed by atoms with Crippen LogP contribution in [0.3, 0.4) is 0 Å². The molecule has 1 aliphatic rings. The Labute approximate surface area is 199 Å². The van der Waals surface area contributed by atoms with Gasteiger partial charge < -0.3 is 14.8 Å². The molecule has 2 heterocycles. The van der Waals surface area contributed by atoms with Crippen molar-refractivity contribution in [2.75, 3.05) is 11.9 Å². The van der Waals surface area contributed by atoms with Crippen LogP contribution in [-0.2, 0) is 17.9 Å². The quantitative estimate of drug-likeness (QED) is 0.521. The molecule has 36 heavy (non-hydrogen) atoms. The number of alkyl halides is 3. The molecule has 1 atom stereocenters. The van der Waals surface area contributed by atoms with Gasteiger partial charge in [-0.15, -0.1) is 5.10 Å². The van der Waals surface area contributed by atoms with E-state index in [1.54, 1.807) is 0 Å². The first-order valence-electron chi connectivity index (χ1n) is 10.5. The zero-order valence-corrected chi connectivity index (χ0v) is 18.8. The van der Waals surface area contributed by atoms with E-state index in [0.29, 0.717) is 23.7 Å². The Bertz CT molecular complexity index is 1400. The Kier molecular flexibility index (Phi) is 6.56. The van der Waals surface area contributed by atoms with E-state index in [9.17, 15) is 31.5 Å². The number of benzene rings is 2. The molecule has 192 valence electrons. The van der Waals surface area contributed by atoms with Crippen LogP contribution < -0.4 is 15.7 Å². The number of amides is 1. The molecule has 1 aliphatic heterocycles. The van der Waals surface area contributed by atoms with Crippen molar-refractivity contribution in [3.05, 3.63) is 69.2 Å². The number of carbonyl (C=O) groups is 1. The zero-order valence-electron chi connectivity index (χ0n) is 18.8. The Morgan fingerprint density at radius 2 is 1.83 bits per heavy atom. The number of ether oxygens (including phenoxy) is 2. The molecule has 1 amide bonds. The van der Waals surface area contributed by atoms with E-state index in [1.807, 2.05) is 0 Å². The summed E-state index contributed by atoms with van der Waals surface area (Å²) in [5.41, 5.74) is -2.11. The number of nitrogens with one attached hydrogen (secondary N) is 1. The molecule has 0 bridgehead atoms. The number of halogens is 6. The topological polar surface area (TPSA) is 87.4 Å². The molecular formula is C22H18F6N4O4. The summed E-state index contributed by atoms with van der Waals surface area (Å²) < 4.78 is 93.8. The first-order chi connectivity index (χ1) is 16.9. The summed E-state index contributed by atoms with van der Waals surface area (Å²) in [4.78, 5) is 25.6. The van der Waals surface area contributed by atoms with Gasteiger partial charge in [0.1, 0.15) is 23.9 Å². The van der Waals surface area contributed by atoms with E-state index in [-0.39, 0.29) is 36.8 Å². The third-order valence-corrected chi connectivity index (χ3v) is 5.43. The minimum absolute atomic E-state index is 0.0353. The normalized spacial score (nSPS) is 14.3. The molecular weight excluding hydrogens is 498 g/mol.